The van der Waals surface area contributed by atoms with Crippen LogP contribution in [0.15, 0.2) is 18.2 Å². The maximum absolute atomic E-state index is 11.4. The molecule has 1 N–H and O–H groups in total. The van der Waals surface area contributed by atoms with Gasteiger partial charge in [-0.05, 0) is 18.2 Å². The smallest absolute Gasteiger partial charge is 0.223 e. The second-order valence-corrected chi connectivity index (χ2v) is 3.44. The van der Waals surface area contributed by atoms with Gasteiger partial charge in [-0.25, -0.2) is 0 Å². The van der Waals surface area contributed by atoms with Gasteiger partial charge in [0.25, 0.3) is 0 Å². The molecule has 0 bridgehead atoms. The van der Waals surface area contributed by atoms with Crippen molar-refractivity contribution in [2.24, 2.45) is 0 Å². The molecule has 1 aromatic rings. The highest BCUT2D eigenvalue weighted by Gasteiger charge is 2.19. The van der Waals surface area contributed by atoms with Crippen LogP contribution in [0.25, 0.3) is 0 Å². The van der Waals surface area contributed by atoms with E-state index in [2.05, 4.69) is 11.4 Å². The fourth-order valence-electron chi connectivity index (χ4n) is 1.72. The van der Waals surface area contributed by atoms with E-state index in [1.165, 1.54) is 6.92 Å². The van der Waals surface area contributed by atoms with Crippen molar-refractivity contribution in [1.82, 2.24) is 0 Å². The summed E-state index contributed by atoms with van der Waals surface area (Å²) in [7, 11) is 0. The minimum atomic E-state index is 0.00726. The van der Waals surface area contributed by atoms with Crippen LogP contribution in [0.3, 0.4) is 0 Å². The van der Waals surface area contributed by atoms with Crippen molar-refractivity contribution in [2.75, 3.05) is 23.3 Å². The van der Waals surface area contributed by atoms with E-state index < -0.39 is 0 Å². The van der Waals surface area contributed by atoms with Gasteiger partial charge in [0, 0.05) is 20.0 Å². The molecule has 0 fully saturated rings. The monoisotopic (exact) mass is 201 g/mol. The van der Waals surface area contributed by atoms with Crippen molar-refractivity contribution in [3.63, 3.8) is 0 Å². The van der Waals surface area contributed by atoms with E-state index in [1.807, 2.05) is 6.07 Å². The molecular formula is C11H11N3O. The zero-order valence-corrected chi connectivity index (χ0v) is 8.45. The summed E-state index contributed by atoms with van der Waals surface area (Å²) in [5, 5.41) is 12.0. The highest BCUT2D eigenvalue weighted by Crippen LogP contribution is 2.29. The van der Waals surface area contributed by atoms with Gasteiger partial charge in [-0.2, -0.15) is 5.26 Å². The molecule has 0 aromatic heterocycles. The molecule has 1 aliphatic heterocycles. The second kappa shape index (κ2) is 3.62. The summed E-state index contributed by atoms with van der Waals surface area (Å²) < 4.78 is 0. The van der Waals surface area contributed by atoms with E-state index in [-0.39, 0.29) is 5.91 Å². The Kier molecular flexibility index (Phi) is 2.30. The normalized spacial score (nSPS) is 13.7. The van der Waals surface area contributed by atoms with Crippen LogP contribution in [-0.4, -0.2) is 19.0 Å². The SMILES string of the molecule is CC(=O)N1CCNc2ccc(C#N)cc21. The Morgan fingerprint density at radius 3 is 3.07 bits per heavy atom. The number of rotatable bonds is 0. The third kappa shape index (κ3) is 1.64. The van der Waals surface area contributed by atoms with Gasteiger partial charge < -0.3 is 10.2 Å². The van der Waals surface area contributed by atoms with E-state index in [0.29, 0.717) is 12.1 Å². The molecule has 1 heterocycles. The number of carbonyl (C=O) groups is 1. The number of carbonyl (C=O) groups excluding carboxylic acids is 1. The number of hydrogen-bond donors (Lipinski definition) is 1. The number of fused-ring (bicyclic) bond motifs is 1. The third-order valence-electron chi connectivity index (χ3n) is 2.45. The number of anilines is 2. The minimum Gasteiger partial charge on any atom is -0.382 e. The molecule has 76 valence electrons. The molecule has 0 radical (unpaired) electrons. The van der Waals surface area contributed by atoms with Gasteiger partial charge in [0.15, 0.2) is 0 Å². The maximum atomic E-state index is 11.4. The quantitative estimate of drug-likeness (QED) is 0.689. The second-order valence-electron chi connectivity index (χ2n) is 3.44. The Labute approximate surface area is 88.1 Å². The third-order valence-corrected chi connectivity index (χ3v) is 2.45. The van der Waals surface area contributed by atoms with Gasteiger partial charge >= 0.3 is 0 Å². The highest BCUT2D eigenvalue weighted by molar-refractivity contribution is 5.96. The van der Waals surface area contributed by atoms with Crippen molar-refractivity contribution in [1.29, 1.82) is 5.26 Å². The van der Waals surface area contributed by atoms with Crippen LogP contribution in [0.4, 0.5) is 11.4 Å². The summed E-state index contributed by atoms with van der Waals surface area (Å²) in [4.78, 5) is 13.1. The van der Waals surface area contributed by atoms with Crippen LogP contribution in [0, 0.1) is 11.3 Å². The first-order chi connectivity index (χ1) is 7.22. The lowest BCUT2D eigenvalue weighted by Gasteiger charge is -2.29. The van der Waals surface area contributed by atoms with Crippen molar-refractivity contribution in [3.05, 3.63) is 23.8 Å². The summed E-state index contributed by atoms with van der Waals surface area (Å²) >= 11 is 0. The van der Waals surface area contributed by atoms with Gasteiger partial charge in [0.05, 0.1) is 23.0 Å². The molecule has 0 saturated heterocycles. The first-order valence-electron chi connectivity index (χ1n) is 4.78. The summed E-state index contributed by atoms with van der Waals surface area (Å²) in [5.74, 6) is 0.00726. The van der Waals surface area contributed by atoms with E-state index in [9.17, 15) is 4.79 Å². The fraction of sp³-hybridized carbons (Fsp3) is 0.273. The lowest BCUT2D eigenvalue weighted by molar-refractivity contribution is -0.116. The largest absolute Gasteiger partial charge is 0.382 e. The number of benzene rings is 1. The van der Waals surface area contributed by atoms with E-state index >= 15 is 0 Å². The van der Waals surface area contributed by atoms with Gasteiger partial charge in [-0.15, -0.1) is 0 Å². The Bertz CT molecular complexity index is 448. The maximum Gasteiger partial charge on any atom is 0.223 e. The summed E-state index contributed by atoms with van der Waals surface area (Å²) in [6, 6.07) is 7.39. The molecule has 15 heavy (non-hydrogen) atoms. The van der Waals surface area contributed by atoms with Crippen LogP contribution >= 0.6 is 0 Å². The van der Waals surface area contributed by atoms with E-state index in [0.717, 1.165) is 17.9 Å². The van der Waals surface area contributed by atoms with Gasteiger partial charge in [0.1, 0.15) is 0 Å². The van der Waals surface area contributed by atoms with Crippen LogP contribution in [0.1, 0.15) is 12.5 Å². The van der Waals surface area contributed by atoms with Crippen LogP contribution < -0.4 is 10.2 Å². The molecule has 0 saturated carbocycles. The predicted octanol–water partition coefficient (Wildman–Crippen LogP) is 1.34. The summed E-state index contributed by atoms with van der Waals surface area (Å²) in [6.07, 6.45) is 0. The Balaban J connectivity index is 2.49. The predicted molar refractivity (Wildman–Crippen MR) is 57.7 cm³/mol. The zero-order valence-electron chi connectivity index (χ0n) is 8.45. The zero-order chi connectivity index (χ0) is 10.8. The fourth-order valence-corrected chi connectivity index (χ4v) is 1.72. The molecule has 1 aromatic carbocycles. The summed E-state index contributed by atoms with van der Waals surface area (Å²) in [6.45, 7) is 2.93. The Morgan fingerprint density at radius 2 is 2.40 bits per heavy atom. The van der Waals surface area contributed by atoms with Crippen molar-refractivity contribution >= 4 is 17.3 Å². The summed E-state index contributed by atoms with van der Waals surface area (Å²) in [5.41, 5.74) is 2.28. The first kappa shape index (κ1) is 9.53. The van der Waals surface area contributed by atoms with Gasteiger partial charge in [-0.3, -0.25) is 4.79 Å². The molecule has 0 unspecified atom stereocenters. The average Bonchev–Trinajstić information content (AvgIpc) is 2.27. The first-order valence-corrected chi connectivity index (χ1v) is 4.78. The number of nitrogens with one attached hydrogen (secondary N) is 1. The van der Waals surface area contributed by atoms with Crippen molar-refractivity contribution < 1.29 is 4.79 Å². The van der Waals surface area contributed by atoms with Crippen LogP contribution in [-0.2, 0) is 4.79 Å². The molecule has 2 rings (SSSR count). The highest BCUT2D eigenvalue weighted by atomic mass is 16.2. The molecule has 4 heteroatoms. The standard InChI is InChI=1S/C11H11N3O/c1-8(15)14-5-4-13-10-3-2-9(7-12)6-11(10)14/h2-3,6,13H,4-5H2,1H3. The lowest BCUT2D eigenvalue weighted by atomic mass is 10.1. The molecule has 0 aliphatic carbocycles. The molecule has 1 aliphatic rings. The lowest BCUT2D eigenvalue weighted by Crippen LogP contribution is -2.37. The van der Waals surface area contributed by atoms with Gasteiger partial charge in [0.2, 0.25) is 5.91 Å². The Hall–Kier alpha value is -2.02. The topological polar surface area (TPSA) is 56.1 Å². The molecule has 0 spiro atoms. The van der Waals surface area contributed by atoms with Crippen molar-refractivity contribution in [2.45, 2.75) is 6.92 Å². The molecule has 1 amide bonds. The van der Waals surface area contributed by atoms with E-state index in [4.69, 9.17) is 5.26 Å². The van der Waals surface area contributed by atoms with Crippen molar-refractivity contribution in [3.8, 4) is 6.07 Å². The molecule has 4 nitrogen and oxygen atoms in total. The molecular weight excluding hydrogens is 190 g/mol. The number of amides is 1. The van der Waals surface area contributed by atoms with Crippen LogP contribution in [0.2, 0.25) is 0 Å². The molecule has 0 atom stereocenters. The minimum absolute atomic E-state index is 0.00726. The number of nitrogens with zero attached hydrogens (tertiary/aromatic N) is 2. The van der Waals surface area contributed by atoms with Crippen LogP contribution in [0.5, 0.6) is 0 Å². The Morgan fingerprint density at radius 1 is 1.60 bits per heavy atom. The van der Waals surface area contributed by atoms with Gasteiger partial charge in [-0.1, -0.05) is 0 Å². The average molecular weight is 201 g/mol. The number of nitriles is 1. The van der Waals surface area contributed by atoms with E-state index in [1.54, 1.807) is 17.0 Å². The number of hydrogen-bond acceptors (Lipinski definition) is 3.